The molecule has 0 bridgehead atoms. The number of nitrogens with zero attached hydrogens (tertiary/aromatic N) is 3. The zero-order valence-electron chi connectivity index (χ0n) is 9.97. The van der Waals surface area contributed by atoms with Crippen molar-refractivity contribution in [2.45, 2.75) is 13.8 Å². The molecule has 1 saturated heterocycles. The molecule has 0 aromatic carbocycles. The molecular formula is C11H18N4O. The SMILES string of the molecule is COc1ncnc(N2CC(C)C(C)C2)c1N. The molecule has 5 heteroatoms. The van der Waals surface area contributed by atoms with Crippen molar-refractivity contribution in [3.05, 3.63) is 6.33 Å². The highest BCUT2D eigenvalue weighted by atomic mass is 16.5. The van der Waals surface area contributed by atoms with Gasteiger partial charge in [-0.25, -0.2) is 4.98 Å². The van der Waals surface area contributed by atoms with E-state index in [1.165, 1.54) is 6.33 Å². The largest absolute Gasteiger partial charge is 0.479 e. The van der Waals surface area contributed by atoms with Crippen LogP contribution in [0.25, 0.3) is 0 Å². The molecule has 2 rings (SSSR count). The second-order valence-electron chi connectivity index (χ2n) is 4.48. The van der Waals surface area contributed by atoms with Gasteiger partial charge in [-0.15, -0.1) is 0 Å². The van der Waals surface area contributed by atoms with Crippen molar-refractivity contribution in [1.29, 1.82) is 0 Å². The summed E-state index contributed by atoms with van der Waals surface area (Å²) in [5, 5.41) is 0. The Morgan fingerprint density at radius 3 is 2.50 bits per heavy atom. The molecule has 0 amide bonds. The summed E-state index contributed by atoms with van der Waals surface area (Å²) in [7, 11) is 1.57. The van der Waals surface area contributed by atoms with Gasteiger partial charge < -0.3 is 15.4 Å². The van der Waals surface area contributed by atoms with E-state index in [1.807, 2.05) is 0 Å². The number of hydrogen-bond donors (Lipinski definition) is 1. The summed E-state index contributed by atoms with van der Waals surface area (Å²) in [6.45, 7) is 6.48. The lowest BCUT2D eigenvalue weighted by Gasteiger charge is -2.19. The summed E-state index contributed by atoms with van der Waals surface area (Å²) >= 11 is 0. The monoisotopic (exact) mass is 222 g/mol. The maximum atomic E-state index is 5.97. The highest BCUT2D eigenvalue weighted by Gasteiger charge is 2.28. The normalized spacial score (nSPS) is 24.8. The molecule has 5 nitrogen and oxygen atoms in total. The van der Waals surface area contributed by atoms with Gasteiger partial charge in [0.25, 0.3) is 0 Å². The molecule has 0 aliphatic carbocycles. The molecule has 0 radical (unpaired) electrons. The van der Waals surface area contributed by atoms with Gasteiger partial charge in [0.2, 0.25) is 5.88 Å². The van der Waals surface area contributed by atoms with Gasteiger partial charge >= 0.3 is 0 Å². The van der Waals surface area contributed by atoms with Crippen molar-refractivity contribution >= 4 is 11.5 Å². The zero-order valence-corrected chi connectivity index (χ0v) is 9.97. The van der Waals surface area contributed by atoms with Crippen LogP contribution in [-0.4, -0.2) is 30.2 Å². The van der Waals surface area contributed by atoms with Crippen LogP contribution in [-0.2, 0) is 0 Å². The predicted octanol–water partition coefficient (Wildman–Crippen LogP) is 1.16. The summed E-state index contributed by atoms with van der Waals surface area (Å²) in [4.78, 5) is 10.4. The first kappa shape index (κ1) is 11.0. The van der Waals surface area contributed by atoms with Gasteiger partial charge in [-0.2, -0.15) is 4.98 Å². The Morgan fingerprint density at radius 2 is 1.94 bits per heavy atom. The van der Waals surface area contributed by atoms with E-state index in [-0.39, 0.29) is 0 Å². The number of anilines is 2. The Labute approximate surface area is 95.6 Å². The van der Waals surface area contributed by atoms with Crippen LogP contribution < -0.4 is 15.4 Å². The molecule has 0 spiro atoms. The van der Waals surface area contributed by atoms with Gasteiger partial charge in [0, 0.05) is 13.1 Å². The molecule has 88 valence electrons. The Bertz CT molecular complexity index is 372. The second-order valence-corrected chi connectivity index (χ2v) is 4.48. The third-order valence-electron chi connectivity index (χ3n) is 3.31. The number of nitrogens with two attached hydrogens (primary N) is 1. The number of ether oxygens (including phenoxy) is 1. The van der Waals surface area contributed by atoms with E-state index < -0.39 is 0 Å². The summed E-state index contributed by atoms with van der Waals surface area (Å²) in [5.41, 5.74) is 6.51. The van der Waals surface area contributed by atoms with Crippen LogP contribution in [0, 0.1) is 11.8 Å². The lowest BCUT2D eigenvalue weighted by Crippen LogP contribution is -2.22. The first-order chi connectivity index (χ1) is 7.63. The Kier molecular flexibility index (Phi) is 2.85. The topological polar surface area (TPSA) is 64.3 Å². The minimum Gasteiger partial charge on any atom is -0.479 e. The molecule has 1 aromatic rings. The average Bonchev–Trinajstić information content (AvgIpc) is 2.59. The molecule has 2 atom stereocenters. The molecular weight excluding hydrogens is 204 g/mol. The molecule has 1 aliphatic heterocycles. The van der Waals surface area contributed by atoms with Crippen LogP contribution in [0.4, 0.5) is 11.5 Å². The number of nitrogen functional groups attached to an aromatic ring is 1. The predicted molar refractivity (Wildman–Crippen MR) is 63.5 cm³/mol. The summed E-state index contributed by atoms with van der Waals surface area (Å²) in [5.74, 6) is 2.58. The van der Waals surface area contributed by atoms with E-state index in [9.17, 15) is 0 Å². The zero-order chi connectivity index (χ0) is 11.7. The van der Waals surface area contributed by atoms with E-state index >= 15 is 0 Å². The van der Waals surface area contributed by atoms with Gasteiger partial charge in [-0.05, 0) is 11.8 Å². The van der Waals surface area contributed by atoms with E-state index in [4.69, 9.17) is 10.5 Å². The second kappa shape index (κ2) is 4.15. The van der Waals surface area contributed by atoms with Gasteiger partial charge in [0.05, 0.1) is 7.11 Å². The smallest absolute Gasteiger partial charge is 0.242 e. The molecule has 2 heterocycles. The number of hydrogen-bond acceptors (Lipinski definition) is 5. The van der Waals surface area contributed by atoms with E-state index in [0.717, 1.165) is 18.9 Å². The first-order valence-electron chi connectivity index (χ1n) is 5.53. The van der Waals surface area contributed by atoms with Crippen molar-refractivity contribution < 1.29 is 4.74 Å². The van der Waals surface area contributed by atoms with Crippen molar-refractivity contribution in [3.8, 4) is 5.88 Å². The van der Waals surface area contributed by atoms with Crippen molar-refractivity contribution in [2.24, 2.45) is 11.8 Å². The third kappa shape index (κ3) is 1.77. The molecule has 2 N–H and O–H groups in total. The molecule has 0 saturated carbocycles. The van der Waals surface area contributed by atoms with E-state index in [0.29, 0.717) is 23.4 Å². The number of aromatic nitrogens is 2. The lowest BCUT2D eigenvalue weighted by molar-refractivity contribution is 0.399. The van der Waals surface area contributed by atoms with Crippen LogP contribution >= 0.6 is 0 Å². The fourth-order valence-electron chi connectivity index (χ4n) is 2.09. The Balaban J connectivity index is 2.28. The minimum atomic E-state index is 0.456. The molecule has 1 fully saturated rings. The van der Waals surface area contributed by atoms with Crippen LogP contribution in [0.5, 0.6) is 5.88 Å². The maximum absolute atomic E-state index is 5.97. The summed E-state index contributed by atoms with van der Waals surface area (Å²) < 4.78 is 5.10. The quantitative estimate of drug-likeness (QED) is 0.813. The summed E-state index contributed by atoms with van der Waals surface area (Å²) in [6.07, 6.45) is 1.50. The van der Waals surface area contributed by atoms with E-state index in [2.05, 4.69) is 28.7 Å². The lowest BCUT2D eigenvalue weighted by atomic mass is 10.0. The summed E-state index contributed by atoms with van der Waals surface area (Å²) in [6, 6.07) is 0. The Morgan fingerprint density at radius 1 is 1.31 bits per heavy atom. The third-order valence-corrected chi connectivity index (χ3v) is 3.31. The minimum absolute atomic E-state index is 0.456. The van der Waals surface area contributed by atoms with Crippen LogP contribution in [0.1, 0.15) is 13.8 Å². The molecule has 1 aliphatic rings. The fraction of sp³-hybridized carbons (Fsp3) is 0.636. The molecule has 1 aromatic heterocycles. The molecule has 2 unspecified atom stereocenters. The standard InChI is InChI=1S/C11H18N4O/c1-7-4-15(5-8(7)2)10-9(12)11(16-3)14-6-13-10/h6-8H,4-5,12H2,1-3H3. The van der Waals surface area contributed by atoms with Crippen molar-refractivity contribution in [1.82, 2.24) is 9.97 Å². The fourth-order valence-corrected chi connectivity index (χ4v) is 2.09. The van der Waals surface area contributed by atoms with Crippen LogP contribution in [0.15, 0.2) is 6.33 Å². The number of rotatable bonds is 2. The van der Waals surface area contributed by atoms with Gasteiger partial charge in [0.1, 0.15) is 12.0 Å². The van der Waals surface area contributed by atoms with Crippen molar-refractivity contribution in [3.63, 3.8) is 0 Å². The molecule has 16 heavy (non-hydrogen) atoms. The highest BCUT2D eigenvalue weighted by molar-refractivity contribution is 5.68. The van der Waals surface area contributed by atoms with Gasteiger partial charge in [-0.1, -0.05) is 13.8 Å². The van der Waals surface area contributed by atoms with Gasteiger partial charge in [-0.3, -0.25) is 0 Å². The Hall–Kier alpha value is -1.52. The van der Waals surface area contributed by atoms with Crippen LogP contribution in [0.3, 0.4) is 0 Å². The number of methoxy groups -OCH3 is 1. The highest BCUT2D eigenvalue weighted by Crippen LogP contribution is 2.32. The van der Waals surface area contributed by atoms with E-state index in [1.54, 1.807) is 7.11 Å². The van der Waals surface area contributed by atoms with Crippen molar-refractivity contribution in [2.75, 3.05) is 30.8 Å². The average molecular weight is 222 g/mol. The maximum Gasteiger partial charge on any atom is 0.242 e. The van der Waals surface area contributed by atoms with Crippen LogP contribution in [0.2, 0.25) is 0 Å². The first-order valence-corrected chi connectivity index (χ1v) is 5.53. The van der Waals surface area contributed by atoms with Gasteiger partial charge in [0.15, 0.2) is 5.82 Å².